The first-order valence-corrected chi connectivity index (χ1v) is 9.06. The van der Waals surface area contributed by atoms with Crippen LogP contribution in [0.25, 0.3) is 0 Å². The fourth-order valence-corrected chi connectivity index (χ4v) is 3.90. The van der Waals surface area contributed by atoms with E-state index >= 15 is 0 Å². The van der Waals surface area contributed by atoms with E-state index in [4.69, 9.17) is 4.74 Å². The number of nitrogens with one attached hydrogen (secondary N) is 2. The standard InChI is InChI=1S/C21H26N2O3/c1-14-18(15(2)23-19(14)16(3)24)20(25)22-13-21(9-11-26-12-10-21)17-7-5-4-6-8-17/h4-8,23H,9-13H2,1-3H3,(H,22,25). The molecule has 1 aromatic carbocycles. The van der Waals surface area contributed by atoms with Crippen LogP contribution >= 0.6 is 0 Å². The molecule has 1 saturated heterocycles. The highest BCUT2D eigenvalue weighted by Gasteiger charge is 2.35. The van der Waals surface area contributed by atoms with Crippen LogP contribution in [0.2, 0.25) is 0 Å². The first-order valence-electron chi connectivity index (χ1n) is 9.06. The lowest BCUT2D eigenvalue weighted by Crippen LogP contribution is -2.44. The van der Waals surface area contributed by atoms with Crippen molar-refractivity contribution in [1.82, 2.24) is 10.3 Å². The van der Waals surface area contributed by atoms with Crippen LogP contribution in [-0.4, -0.2) is 36.4 Å². The average Bonchev–Trinajstić information content (AvgIpc) is 2.96. The van der Waals surface area contributed by atoms with E-state index in [1.54, 1.807) is 0 Å². The lowest BCUT2D eigenvalue weighted by atomic mass is 9.74. The molecule has 0 unspecified atom stereocenters. The Balaban J connectivity index is 1.82. The molecule has 138 valence electrons. The number of Topliss-reactive ketones (excluding diaryl/α,β-unsaturated/α-hetero) is 1. The number of ether oxygens (including phenoxy) is 1. The number of hydrogen-bond donors (Lipinski definition) is 2. The van der Waals surface area contributed by atoms with Gasteiger partial charge in [0.1, 0.15) is 0 Å². The highest BCUT2D eigenvalue weighted by Crippen LogP contribution is 2.34. The van der Waals surface area contributed by atoms with E-state index in [0.717, 1.165) is 18.5 Å². The summed E-state index contributed by atoms with van der Waals surface area (Å²) in [6.07, 6.45) is 1.75. The van der Waals surface area contributed by atoms with E-state index in [0.29, 0.717) is 36.6 Å². The van der Waals surface area contributed by atoms with Crippen molar-refractivity contribution in [2.24, 2.45) is 0 Å². The minimum absolute atomic E-state index is 0.0603. The average molecular weight is 354 g/mol. The number of benzene rings is 1. The molecule has 0 aliphatic carbocycles. The molecular formula is C21H26N2O3. The number of hydrogen-bond acceptors (Lipinski definition) is 3. The van der Waals surface area contributed by atoms with E-state index in [2.05, 4.69) is 22.4 Å². The Morgan fingerprint density at radius 2 is 1.81 bits per heavy atom. The molecule has 2 heterocycles. The van der Waals surface area contributed by atoms with E-state index in [9.17, 15) is 9.59 Å². The summed E-state index contributed by atoms with van der Waals surface area (Å²) < 4.78 is 5.55. The van der Waals surface area contributed by atoms with Crippen LogP contribution in [0, 0.1) is 13.8 Å². The van der Waals surface area contributed by atoms with Crippen molar-refractivity contribution in [2.45, 2.75) is 39.0 Å². The van der Waals surface area contributed by atoms with Gasteiger partial charge in [-0.25, -0.2) is 0 Å². The smallest absolute Gasteiger partial charge is 0.253 e. The number of aromatic nitrogens is 1. The summed E-state index contributed by atoms with van der Waals surface area (Å²) in [6, 6.07) is 10.3. The zero-order chi connectivity index (χ0) is 18.7. The van der Waals surface area contributed by atoms with Crippen molar-refractivity contribution in [3.63, 3.8) is 0 Å². The Morgan fingerprint density at radius 1 is 1.15 bits per heavy atom. The molecule has 1 aliphatic heterocycles. The molecule has 0 radical (unpaired) electrons. The molecule has 0 spiro atoms. The van der Waals surface area contributed by atoms with Gasteiger partial charge in [0.15, 0.2) is 5.78 Å². The highest BCUT2D eigenvalue weighted by molar-refractivity contribution is 6.02. The van der Waals surface area contributed by atoms with E-state index in [-0.39, 0.29) is 17.1 Å². The number of rotatable bonds is 5. The number of H-pyrrole nitrogens is 1. The maximum atomic E-state index is 12.9. The predicted molar refractivity (Wildman–Crippen MR) is 101 cm³/mol. The van der Waals surface area contributed by atoms with E-state index < -0.39 is 0 Å². The number of aromatic amines is 1. The first-order chi connectivity index (χ1) is 12.4. The molecule has 26 heavy (non-hydrogen) atoms. The highest BCUT2D eigenvalue weighted by atomic mass is 16.5. The zero-order valence-electron chi connectivity index (χ0n) is 15.6. The molecule has 1 aliphatic rings. The van der Waals surface area contributed by atoms with Crippen molar-refractivity contribution >= 4 is 11.7 Å². The van der Waals surface area contributed by atoms with E-state index in [1.807, 2.05) is 32.0 Å². The molecule has 1 aromatic heterocycles. The quantitative estimate of drug-likeness (QED) is 0.809. The van der Waals surface area contributed by atoms with Crippen LogP contribution in [0.3, 0.4) is 0 Å². The fourth-order valence-electron chi connectivity index (χ4n) is 3.90. The maximum Gasteiger partial charge on any atom is 0.253 e. The van der Waals surface area contributed by atoms with Crippen LogP contribution in [0.5, 0.6) is 0 Å². The SMILES string of the molecule is CC(=O)c1[nH]c(C)c(C(=O)NCC2(c3ccccc3)CCOCC2)c1C. The molecule has 5 nitrogen and oxygen atoms in total. The number of amides is 1. The molecule has 2 N–H and O–H groups in total. The number of carbonyl (C=O) groups excluding carboxylic acids is 2. The van der Waals surface area contributed by atoms with Crippen molar-refractivity contribution in [3.8, 4) is 0 Å². The van der Waals surface area contributed by atoms with Gasteiger partial charge in [-0.3, -0.25) is 9.59 Å². The van der Waals surface area contributed by atoms with Gasteiger partial charge in [-0.2, -0.15) is 0 Å². The molecule has 1 amide bonds. The fraction of sp³-hybridized carbons (Fsp3) is 0.429. The minimum Gasteiger partial charge on any atom is -0.381 e. The Bertz CT molecular complexity index is 802. The first kappa shape index (κ1) is 18.4. The normalized spacial score (nSPS) is 16.3. The van der Waals surface area contributed by atoms with Gasteiger partial charge in [0, 0.05) is 37.8 Å². The second-order valence-corrected chi connectivity index (χ2v) is 7.12. The summed E-state index contributed by atoms with van der Waals surface area (Å²) >= 11 is 0. The largest absolute Gasteiger partial charge is 0.381 e. The van der Waals surface area contributed by atoms with Crippen molar-refractivity contribution in [3.05, 3.63) is 58.4 Å². The van der Waals surface area contributed by atoms with E-state index in [1.165, 1.54) is 12.5 Å². The van der Waals surface area contributed by atoms with Crippen molar-refractivity contribution in [1.29, 1.82) is 0 Å². The van der Waals surface area contributed by atoms with Crippen LogP contribution in [-0.2, 0) is 10.2 Å². The molecule has 5 heteroatoms. The maximum absolute atomic E-state index is 12.9. The van der Waals surface area contributed by atoms with Crippen LogP contribution < -0.4 is 5.32 Å². The third-order valence-electron chi connectivity index (χ3n) is 5.44. The monoisotopic (exact) mass is 354 g/mol. The summed E-state index contributed by atoms with van der Waals surface area (Å²) in [5, 5.41) is 3.12. The van der Waals surface area contributed by atoms with Gasteiger partial charge in [0.05, 0.1) is 11.3 Å². The lowest BCUT2D eigenvalue weighted by molar-refractivity contribution is 0.0487. The van der Waals surface area contributed by atoms with Crippen molar-refractivity contribution < 1.29 is 14.3 Å². The minimum atomic E-state index is -0.134. The second-order valence-electron chi connectivity index (χ2n) is 7.12. The summed E-state index contributed by atoms with van der Waals surface area (Å²) in [6.45, 7) is 7.10. The number of ketones is 1. The zero-order valence-corrected chi connectivity index (χ0v) is 15.6. The van der Waals surface area contributed by atoms with Gasteiger partial charge in [-0.1, -0.05) is 30.3 Å². The number of carbonyl (C=O) groups is 2. The van der Waals surface area contributed by atoms with Crippen molar-refractivity contribution in [2.75, 3.05) is 19.8 Å². The summed E-state index contributed by atoms with van der Waals surface area (Å²) in [5.74, 6) is -0.194. The lowest BCUT2D eigenvalue weighted by Gasteiger charge is -2.38. The second kappa shape index (κ2) is 7.46. The Labute approximate surface area is 154 Å². The van der Waals surface area contributed by atoms with Crippen LogP contribution in [0.4, 0.5) is 0 Å². The summed E-state index contributed by atoms with van der Waals surface area (Å²) in [4.78, 5) is 27.6. The van der Waals surface area contributed by atoms with Gasteiger partial charge >= 0.3 is 0 Å². The van der Waals surface area contributed by atoms with Gasteiger partial charge in [0.25, 0.3) is 5.91 Å². The third-order valence-corrected chi connectivity index (χ3v) is 5.44. The van der Waals surface area contributed by atoms with Gasteiger partial charge in [-0.05, 0) is 37.8 Å². The third kappa shape index (κ3) is 3.44. The Morgan fingerprint density at radius 3 is 2.38 bits per heavy atom. The Hall–Kier alpha value is -2.40. The van der Waals surface area contributed by atoms with Crippen LogP contribution in [0.15, 0.2) is 30.3 Å². The predicted octanol–water partition coefficient (Wildman–Crippen LogP) is 3.31. The summed E-state index contributed by atoms with van der Waals surface area (Å²) in [5.41, 5.74) is 3.65. The molecule has 1 fully saturated rings. The van der Waals surface area contributed by atoms with Gasteiger partial charge < -0.3 is 15.0 Å². The molecule has 0 atom stereocenters. The van der Waals surface area contributed by atoms with Gasteiger partial charge in [-0.15, -0.1) is 0 Å². The summed E-state index contributed by atoms with van der Waals surface area (Å²) in [7, 11) is 0. The van der Waals surface area contributed by atoms with Crippen LogP contribution in [0.1, 0.15) is 57.4 Å². The van der Waals surface area contributed by atoms with Gasteiger partial charge in [0.2, 0.25) is 0 Å². The molecule has 0 saturated carbocycles. The molecular weight excluding hydrogens is 328 g/mol. The molecule has 3 rings (SSSR count). The molecule has 0 bridgehead atoms. The molecule has 2 aromatic rings. The topological polar surface area (TPSA) is 71.2 Å². The number of aryl methyl sites for hydroxylation is 1. The Kier molecular flexibility index (Phi) is 5.28.